The van der Waals surface area contributed by atoms with Gasteiger partial charge in [0.2, 0.25) is 0 Å². The number of hydrogen-bond acceptors (Lipinski definition) is 4. The Morgan fingerprint density at radius 2 is 2.19 bits per heavy atom. The van der Waals surface area contributed by atoms with Crippen LogP contribution in [-0.2, 0) is 18.6 Å². The van der Waals surface area contributed by atoms with Crippen molar-refractivity contribution in [3.05, 3.63) is 0 Å². The highest BCUT2D eigenvalue weighted by molar-refractivity contribution is 8.46. The Balaban J connectivity index is 2.70. The van der Waals surface area contributed by atoms with Crippen molar-refractivity contribution in [2.75, 3.05) is 19.9 Å². The summed E-state index contributed by atoms with van der Waals surface area (Å²) in [6.45, 7) is 1.51. The van der Waals surface area contributed by atoms with E-state index in [2.05, 4.69) is 12.2 Å². The maximum absolute atomic E-state index is 11.9. The third-order valence-electron chi connectivity index (χ3n) is 3.03. The Morgan fingerprint density at radius 1 is 1.56 bits per heavy atom. The second kappa shape index (κ2) is 5.92. The molecule has 1 aliphatic heterocycles. The lowest BCUT2D eigenvalue weighted by atomic mass is 9.86. The molecule has 0 aromatic rings. The van der Waals surface area contributed by atoms with Gasteiger partial charge in [-0.05, 0) is 0 Å². The van der Waals surface area contributed by atoms with E-state index in [1.807, 2.05) is 21.7 Å². The van der Waals surface area contributed by atoms with Crippen molar-refractivity contribution >= 4 is 26.7 Å². The van der Waals surface area contributed by atoms with E-state index >= 15 is 0 Å². The first-order valence-electron chi connectivity index (χ1n) is 5.56. The molecule has 0 amide bonds. The van der Waals surface area contributed by atoms with Gasteiger partial charge in [-0.3, -0.25) is 4.57 Å². The summed E-state index contributed by atoms with van der Waals surface area (Å²) < 4.78 is 28.3. The van der Waals surface area contributed by atoms with Crippen molar-refractivity contribution in [3.63, 3.8) is 0 Å². The third kappa shape index (κ3) is 3.51. The number of methoxy groups -OCH3 is 1. The van der Waals surface area contributed by atoms with E-state index in [1.165, 1.54) is 0 Å². The average Bonchev–Trinajstić information content (AvgIpc) is 2.47. The number of rotatable bonds is 5. The second-order valence-corrected chi connectivity index (χ2v) is 8.16. The van der Waals surface area contributed by atoms with Gasteiger partial charge in [0.05, 0.1) is 12.7 Å². The van der Waals surface area contributed by atoms with Crippen LogP contribution in [-0.4, -0.2) is 45.9 Å². The zero-order valence-electron chi connectivity index (χ0n) is 10.3. The van der Waals surface area contributed by atoms with E-state index in [4.69, 9.17) is 14.0 Å². The molecule has 0 aromatic heterocycles. The molecule has 0 bridgehead atoms. The minimum absolute atomic E-state index is 0.0929. The SMILES string of the molecule is B[C@@H]1O[C@@H](COC)C(OP(=O)(S)CC)[C@H]1C. The zero-order chi connectivity index (χ0) is 12.3. The Morgan fingerprint density at radius 3 is 2.69 bits per heavy atom. The van der Waals surface area contributed by atoms with Crippen LogP contribution in [0.5, 0.6) is 0 Å². The minimum Gasteiger partial charge on any atom is -0.382 e. The molecule has 0 aliphatic carbocycles. The van der Waals surface area contributed by atoms with E-state index in [0.29, 0.717) is 12.8 Å². The minimum atomic E-state index is -2.79. The van der Waals surface area contributed by atoms with E-state index in [1.54, 1.807) is 7.11 Å². The fourth-order valence-electron chi connectivity index (χ4n) is 1.81. The maximum atomic E-state index is 11.9. The van der Waals surface area contributed by atoms with Crippen LogP contribution >= 0.6 is 18.8 Å². The van der Waals surface area contributed by atoms with E-state index < -0.39 is 6.57 Å². The van der Waals surface area contributed by atoms with Crippen molar-refractivity contribution in [2.45, 2.75) is 32.1 Å². The first kappa shape index (κ1) is 14.6. The van der Waals surface area contributed by atoms with E-state index in [0.717, 1.165) is 0 Å². The van der Waals surface area contributed by atoms with Crippen molar-refractivity contribution in [1.82, 2.24) is 0 Å². The summed E-state index contributed by atoms with van der Waals surface area (Å²) in [6, 6.07) is 0.0929. The molecule has 0 saturated carbocycles. The largest absolute Gasteiger partial charge is 0.382 e. The van der Waals surface area contributed by atoms with Crippen molar-refractivity contribution in [1.29, 1.82) is 0 Å². The summed E-state index contributed by atoms with van der Waals surface area (Å²) in [5.41, 5.74) is 0. The summed E-state index contributed by atoms with van der Waals surface area (Å²) in [5.74, 6) is 0.201. The van der Waals surface area contributed by atoms with Crippen LogP contribution < -0.4 is 0 Å². The van der Waals surface area contributed by atoms with Crippen LogP contribution in [0, 0.1) is 5.92 Å². The molecular weight excluding hydrogens is 246 g/mol. The molecule has 0 N–H and O–H groups in total. The molecule has 1 heterocycles. The maximum Gasteiger partial charge on any atom is 0.254 e. The van der Waals surface area contributed by atoms with Gasteiger partial charge in [-0.15, -0.1) is 0 Å². The van der Waals surface area contributed by atoms with Crippen LogP contribution in [0.2, 0.25) is 0 Å². The smallest absolute Gasteiger partial charge is 0.254 e. The highest BCUT2D eigenvalue weighted by Crippen LogP contribution is 2.54. The second-order valence-electron chi connectivity index (χ2n) is 4.22. The van der Waals surface area contributed by atoms with Gasteiger partial charge in [0.1, 0.15) is 14.0 Å². The molecule has 16 heavy (non-hydrogen) atoms. The standard InChI is InChI=1S/C9H20BO4PS/c1-4-15(11,16)14-8-6(2)9(10)13-7(8)5-12-3/h6-9H,4-5,10H2,1-3H3,(H,11,16)/t6-,7+,8?,9-,15?/m1/s1. The molecule has 1 saturated heterocycles. The lowest BCUT2D eigenvalue weighted by Gasteiger charge is -2.24. The normalized spacial score (nSPS) is 38.5. The molecule has 1 fully saturated rings. The van der Waals surface area contributed by atoms with Gasteiger partial charge in [-0.2, -0.15) is 0 Å². The number of hydrogen-bond donors (Lipinski definition) is 1. The summed E-state index contributed by atoms with van der Waals surface area (Å²) >= 11 is 4.08. The molecule has 0 spiro atoms. The fourth-order valence-corrected chi connectivity index (χ4v) is 2.99. The van der Waals surface area contributed by atoms with Gasteiger partial charge in [-0.1, -0.05) is 26.1 Å². The van der Waals surface area contributed by atoms with E-state index in [-0.39, 0.29) is 24.1 Å². The summed E-state index contributed by atoms with van der Waals surface area (Å²) in [5, 5.41) is 0. The lowest BCUT2D eigenvalue weighted by molar-refractivity contribution is -0.00921. The Hall–Kier alpha value is 0.525. The van der Waals surface area contributed by atoms with E-state index in [9.17, 15) is 4.57 Å². The predicted octanol–water partition coefficient (Wildman–Crippen LogP) is 1.15. The molecular formula is C9H20BO4PS. The van der Waals surface area contributed by atoms with Gasteiger partial charge in [0.25, 0.3) is 6.57 Å². The first-order valence-corrected chi connectivity index (χ1v) is 8.52. The van der Waals surface area contributed by atoms with Crippen molar-refractivity contribution in [2.24, 2.45) is 5.92 Å². The van der Waals surface area contributed by atoms with Gasteiger partial charge in [0, 0.05) is 25.2 Å². The predicted molar refractivity (Wildman–Crippen MR) is 70.3 cm³/mol. The van der Waals surface area contributed by atoms with Crippen molar-refractivity contribution in [3.8, 4) is 0 Å². The summed E-state index contributed by atoms with van der Waals surface area (Å²) in [4.78, 5) is 0. The van der Waals surface area contributed by atoms with Crippen LogP contribution in [0.1, 0.15) is 13.8 Å². The lowest BCUT2D eigenvalue weighted by Crippen LogP contribution is -2.31. The van der Waals surface area contributed by atoms with Gasteiger partial charge in [0.15, 0.2) is 0 Å². The molecule has 0 aromatic carbocycles. The fraction of sp³-hybridized carbons (Fsp3) is 1.00. The highest BCUT2D eigenvalue weighted by Gasteiger charge is 2.42. The summed E-state index contributed by atoms with van der Waals surface area (Å²) in [6.07, 6.45) is 0.0770. The monoisotopic (exact) mass is 266 g/mol. The molecule has 1 aliphatic rings. The molecule has 1 rings (SSSR count). The number of thiol groups is 1. The van der Waals surface area contributed by atoms with Crippen LogP contribution in [0.15, 0.2) is 0 Å². The molecule has 94 valence electrons. The molecule has 2 unspecified atom stereocenters. The zero-order valence-corrected chi connectivity index (χ0v) is 12.0. The Kier molecular flexibility index (Phi) is 5.40. The van der Waals surface area contributed by atoms with Crippen LogP contribution in [0.25, 0.3) is 0 Å². The topological polar surface area (TPSA) is 44.8 Å². The quantitative estimate of drug-likeness (QED) is 0.460. The van der Waals surface area contributed by atoms with Crippen molar-refractivity contribution < 1.29 is 18.6 Å². The van der Waals surface area contributed by atoms with Crippen LogP contribution in [0.3, 0.4) is 0 Å². The molecule has 7 heteroatoms. The van der Waals surface area contributed by atoms with Gasteiger partial charge in [-0.25, -0.2) is 0 Å². The average molecular weight is 266 g/mol. The Labute approximate surface area is 103 Å². The highest BCUT2D eigenvalue weighted by atomic mass is 32.7. The van der Waals surface area contributed by atoms with Crippen LogP contribution in [0.4, 0.5) is 0 Å². The summed E-state index contributed by atoms with van der Waals surface area (Å²) in [7, 11) is 3.61. The first-order chi connectivity index (χ1) is 7.41. The molecule has 5 atom stereocenters. The Bertz CT molecular complexity index is 278. The number of ether oxygens (including phenoxy) is 2. The molecule has 0 radical (unpaired) electrons. The third-order valence-corrected chi connectivity index (χ3v) is 5.53. The van der Waals surface area contributed by atoms with Gasteiger partial charge < -0.3 is 14.0 Å². The molecule has 4 nitrogen and oxygen atoms in total. The van der Waals surface area contributed by atoms with Gasteiger partial charge >= 0.3 is 0 Å².